The normalized spacial score (nSPS) is 15.2. The lowest BCUT2D eigenvalue weighted by Crippen LogP contribution is -2.08. The van der Waals surface area contributed by atoms with Crippen molar-refractivity contribution in [2.45, 2.75) is 12.8 Å². The van der Waals surface area contributed by atoms with Crippen LogP contribution >= 0.6 is 0 Å². The Kier molecular flexibility index (Phi) is 3.40. The number of ether oxygens (including phenoxy) is 2. The molecule has 82 valence electrons. The molecule has 1 aliphatic carbocycles. The first-order valence-corrected chi connectivity index (χ1v) is 5.20. The standard InChI is InChI=1S/C11H15NO3/c13-10-3-4-11(12-7-10)15-6-5-14-8-9-1-2-9/h3-4,7,9,13H,1-2,5-6,8H2. The van der Waals surface area contributed by atoms with Crippen LogP contribution in [0, 0.1) is 5.92 Å². The minimum absolute atomic E-state index is 0.146. The van der Waals surface area contributed by atoms with Crippen molar-refractivity contribution in [2.24, 2.45) is 5.92 Å². The molecule has 0 radical (unpaired) electrons. The van der Waals surface area contributed by atoms with Crippen molar-refractivity contribution in [2.75, 3.05) is 19.8 Å². The molecule has 1 aromatic rings. The fourth-order valence-electron chi connectivity index (χ4n) is 1.20. The Balaban J connectivity index is 1.58. The molecule has 0 saturated heterocycles. The molecule has 0 aliphatic heterocycles. The van der Waals surface area contributed by atoms with E-state index in [1.807, 2.05) is 0 Å². The molecule has 1 aromatic heterocycles. The van der Waals surface area contributed by atoms with Gasteiger partial charge in [-0.3, -0.25) is 0 Å². The van der Waals surface area contributed by atoms with Crippen LogP contribution in [0.25, 0.3) is 0 Å². The van der Waals surface area contributed by atoms with Gasteiger partial charge in [0.15, 0.2) is 0 Å². The van der Waals surface area contributed by atoms with Crippen molar-refractivity contribution in [3.05, 3.63) is 18.3 Å². The molecule has 4 nitrogen and oxygen atoms in total. The van der Waals surface area contributed by atoms with Crippen molar-refractivity contribution in [3.63, 3.8) is 0 Å². The van der Waals surface area contributed by atoms with Crippen molar-refractivity contribution in [3.8, 4) is 11.6 Å². The van der Waals surface area contributed by atoms with Gasteiger partial charge in [-0.1, -0.05) is 0 Å². The Bertz CT molecular complexity index is 295. The van der Waals surface area contributed by atoms with Crippen molar-refractivity contribution >= 4 is 0 Å². The lowest BCUT2D eigenvalue weighted by atomic mass is 10.4. The van der Waals surface area contributed by atoms with Gasteiger partial charge in [0.1, 0.15) is 12.4 Å². The van der Waals surface area contributed by atoms with Crippen LogP contribution in [0.3, 0.4) is 0 Å². The minimum atomic E-state index is 0.146. The third-order valence-corrected chi connectivity index (χ3v) is 2.25. The number of hydrogen-bond donors (Lipinski definition) is 1. The molecular formula is C11H15NO3. The van der Waals surface area contributed by atoms with Crippen LogP contribution in [-0.2, 0) is 4.74 Å². The van der Waals surface area contributed by atoms with Gasteiger partial charge in [-0.15, -0.1) is 0 Å². The third kappa shape index (κ3) is 3.75. The van der Waals surface area contributed by atoms with E-state index in [9.17, 15) is 0 Å². The molecule has 4 heteroatoms. The van der Waals surface area contributed by atoms with Gasteiger partial charge in [0.25, 0.3) is 0 Å². The zero-order chi connectivity index (χ0) is 10.5. The first-order chi connectivity index (χ1) is 7.34. The second-order valence-corrected chi connectivity index (χ2v) is 3.72. The summed E-state index contributed by atoms with van der Waals surface area (Å²) >= 11 is 0. The van der Waals surface area contributed by atoms with Gasteiger partial charge in [0, 0.05) is 12.7 Å². The van der Waals surface area contributed by atoms with Gasteiger partial charge < -0.3 is 14.6 Å². The fourth-order valence-corrected chi connectivity index (χ4v) is 1.20. The molecule has 15 heavy (non-hydrogen) atoms. The molecule has 0 atom stereocenters. The van der Waals surface area contributed by atoms with Crippen molar-refractivity contribution in [1.82, 2.24) is 4.98 Å². The second-order valence-electron chi connectivity index (χ2n) is 3.72. The first-order valence-electron chi connectivity index (χ1n) is 5.20. The van der Waals surface area contributed by atoms with Gasteiger partial charge in [0.05, 0.1) is 12.8 Å². The predicted molar refractivity (Wildman–Crippen MR) is 54.9 cm³/mol. The molecule has 1 fully saturated rings. The average molecular weight is 209 g/mol. The van der Waals surface area contributed by atoms with E-state index in [0.717, 1.165) is 12.5 Å². The first kappa shape index (κ1) is 10.2. The molecule has 1 aliphatic rings. The highest BCUT2D eigenvalue weighted by molar-refractivity contribution is 5.20. The molecule has 0 unspecified atom stereocenters. The van der Waals surface area contributed by atoms with Crippen LogP contribution in [0.2, 0.25) is 0 Å². The summed E-state index contributed by atoms with van der Waals surface area (Å²) in [5, 5.41) is 8.99. The van der Waals surface area contributed by atoms with Crippen molar-refractivity contribution < 1.29 is 14.6 Å². The molecule has 0 aromatic carbocycles. The Hall–Kier alpha value is -1.29. The maximum atomic E-state index is 8.99. The van der Waals surface area contributed by atoms with Gasteiger partial charge in [-0.25, -0.2) is 4.98 Å². The SMILES string of the molecule is Oc1ccc(OCCOCC2CC2)nc1. The molecule has 2 rings (SSSR count). The molecular weight excluding hydrogens is 194 g/mol. The van der Waals surface area contributed by atoms with Crippen LogP contribution in [0.5, 0.6) is 11.6 Å². The lowest BCUT2D eigenvalue weighted by molar-refractivity contribution is 0.0912. The zero-order valence-corrected chi connectivity index (χ0v) is 8.56. The molecule has 0 amide bonds. The van der Waals surface area contributed by atoms with E-state index in [0.29, 0.717) is 19.1 Å². The summed E-state index contributed by atoms with van der Waals surface area (Å²) in [7, 11) is 0. The number of nitrogens with zero attached hydrogens (tertiary/aromatic N) is 1. The van der Waals surface area contributed by atoms with Crippen LogP contribution in [0.4, 0.5) is 0 Å². The van der Waals surface area contributed by atoms with Gasteiger partial charge in [-0.05, 0) is 24.8 Å². The molecule has 1 heterocycles. The fraction of sp³-hybridized carbons (Fsp3) is 0.545. The Morgan fingerprint density at radius 2 is 2.20 bits per heavy atom. The van der Waals surface area contributed by atoms with E-state index in [2.05, 4.69) is 4.98 Å². The maximum absolute atomic E-state index is 8.99. The number of hydrogen-bond acceptors (Lipinski definition) is 4. The smallest absolute Gasteiger partial charge is 0.213 e. The van der Waals surface area contributed by atoms with E-state index in [4.69, 9.17) is 14.6 Å². The monoisotopic (exact) mass is 209 g/mol. The molecule has 1 saturated carbocycles. The Morgan fingerprint density at radius 1 is 1.33 bits per heavy atom. The summed E-state index contributed by atoms with van der Waals surface area (Å²) < 4.78 is 10.7. The summed E-state index contributed by atoms with van der Waals surface area (Å²) in [6, 6.07) is 3.18. The zero-order valence-electron chi connectivity index (χ0n) is 8.56. The lowest BCUT2D eigenvalue weighted by Gasteiger charge is -2.05. The van der Waals surface area contributed by atoms with E-state index in [1.165, 1.54) is 19.0 Å². The summed E-state index contributed by atoms with van der Waals surface area (Å²) in [5.41, 5.74) is 0. The average Bonchev–Trinajstić information content (AvgIpc) is 3.04. The largest absolute Gasteiger partial charge is 0.506 e. The topological polar surface area (TPSA) is 51.6 Å². The van der Waals surface area contributed by atoms with Crippen LogP contribution in [-0.4, -0.2) is 29.9 Å². The Labute approximate surface area is 88.9 Å². The quantitative estimate of drug-likeness (QED) is 0.723. The second kappa shape index (κ2) is 4.98. The van der Waals surface area contributed by atoms with E-state index >= 15 is 0 Å². The van der Waals surface area contributed by atoms with Crippen LogP contribution < -0.4 is 4.74 Å². The van der Waals surface area contributed by atoms with Gasteiger partial charge in [0.2, 0.25) is 5.88 Å². The Morgan fingerprint density at radius 3 is 2.87 bits per heavy atom. The summed E-state index contributed by atoms with van der Waals surface area (Å²) in [6.07, 6.45) is 3.97. The summed E-state index contributed by atoms with van der Waals surface area (Å²) in [5.74, 6) is 1.45. The van der Waals surface area contributed by atoms with Crippen LogP contribution in [0.15, 0.2) is 18.3 Å². The van der Waals surface area contributed by atoms with Crippen LogP contribution in [0.1, 0.15) is 12.8 Å². The maximum Gasteiger partial charge on any atom is 0.213 e. The molecule has 0 bridgehead atoms. The highest BCUT2D eigenvalue weighted by Gasteiger charge is 2.20. The summed E-state index contributed by atoms with van der Waals surface area (Å²) in [4.78, 5) is 3.90. The van der Waals surface area contributed by atoms with Gasteiger partial charge >= 0.3 is 0 Å². The van der Waals surface area contributed by atoms with E-state index in [-0.39, 0.29) is 5.75 Å². The highest BCUT2D eigenvalue weighted by Crippen LogP contribution is 2.28. The molecule has 1 N–H and O–H groups in total. The van der Waals surface area contributed by atoms with Crippen molar-refractivity contribution in [1.29, 1.82) is 0 Å². The highest BCUT2D eigenvalue weighted by atomic mass is 16.5. The predicted octanol–water partition coefficient (Wildman–Crippen LogP) is 1.59. The number of aromatic nitrogens is 1. The van der Waals surface area contributed by atoms with E-state index < -0.39 is 0 Å². The third-order valence-electron chi connectivity index (χ3n) is 2.25. The summed E-state index contributed by atoms with van der Waals surface area (Å²) in [6.45, 7) is 1.95. The number of rotatable bonds is 6. The number of pyridine rings is 1. The number of aromatic hydroxyl groups is 1. The molecule has 0 spiro atoms. The van der Waals surface area contributed by atoms with Gasteiger partial charge in [-0.2, -0.15) is 0 Å². The minimum Gasteiger partial charge on any atom is -0.506 e. The van der Waals surface area contributed by atoms with E-state index in [1.54, 1.807) is 12.1 Å².